The Bertz CT molecular complexity index is 1080. The van der Waals surface area contributed by atoms with Crippen LogP contribution in [-0.4, -0.2) is 39.0 Å². The van der Waals surface area contributed by atoms with Gasteiger partial charge in [-0.1, -0.05) is 18.0 Å². The summed E-state index contributed by atoms with van der Waals surface area (Å²) in [7, 11) is 0. The quantitative estimate of drug-likeness (QED) is 0.605. The Kier molecular flexibility index (Phi) is 5.04. The van der Waals surface area contributed by atoms with Crippen LogP contribution >= 0.6 is 0 Å². The summed E-state index contributed by atoms with van der Waals surface area (Å²) in [5, 5.41) is 4.34. The van der Waals surface area contributed by atoms with Crippen LogP contribution in [0.4, 0.5) is 4.39 Å². The number of aromatic nitrogens is 3. The highest BCUT2D eigenvalue weighted by Crippen LogP contribution is 2.46. The van der Waals surface area contributed by atoms with E-state index in [0.717, 1.165) is 25.0 Å². The van der Waals surface area contributed by atoms with Crippen molar-refractivity contribution < 1.29 is 13.7 Å². The first-order valence-electron chi connectivity index (χ1n) is 10.8. The van der Waals surface area contributed by atoms with Crippen molar-refractivity contribution in [1.29, 1.82) is 0 Å². The van der Waals surface area contributed by atoms with Crippen molar-refractivity contribution in [3.63, 3.8) is 0 Å². The molecule has 1 amide bonds. The van der Waals surface area contributed by atoms with Gasteiger partial charge in [-0.05, 0) is 68.5 Å². The second-order valence-electron chi connectivity index (χ2n) is 8.88. The second-order valence-corrected chi connectivity index (χ2v) is 8.88. The molecule has 1 saturated carbocycles. The van der Waals surface area contributed by atoms with Gasteiger partial charge in [-0.15, -0.1) is 0 Å². The molecule has 31 heavy (non-hydrogen) atoms. The maximum atomic E-state index is 13.3. The highest BCUT2D eigenvalue weighted by Gasteiger charge is 2.46. The van der Waals surface area contributed by atoms with Gasteiger partial charge in [0, 0.05) is 30.5 Å². The highest BCUT2D eigenvalue weighted by molar-refractivity contribution is 5.94. The predicted octanol–water partition coefficient (Wildman–Crippen LogP) is 4.55. The standard InChI is InChI=1S/C24H25FN4O2/c1-16-3-6-19(14-26-16)22(30)29-12-2-11-24(15-29,13-17-4-5-17)23-27-21(31-28-23)18-7-9-20(25)10-8-18/h3,6-10,14,17H,2,4-5,11-13,15H2,1H3. The fourth-order valence-electron chi connectivity index (χ4n) is 4.55. The summed E-state index contributed by atoms with van der Waals surface area (Å²) in [4.78, 5) is 24.1. The molecule has 1 atom stereocenters. The zero-order valence-electron chi connectivity index (χ0n) is 17.6. The van der Waals surface area contributed by atoms with E-state index in [9.17, 15) is 9.18 Å². The summed E-state index contributed by atoms with van der Waals surface area (Å²) < 4.78 is 18.8. The summed E-state index contributed by atoms with van der Waals surface area (Å²) >= 11 is 0. The third-order valence-electron chi connectivity index (χ3n) is 6.39. The summed E-state index contributed by atoms with van der Waals surface area (Å²) in [6.45, 7) is 3.19. The van der Waals surface area contributed by atoms with Crippen molar-refractivity contribution in [2.24, 2.45) is 5.92 Å². The summed E-state index contributed by atoms with van der Waals surface area (Å²) in [6, 6.07) is 9.75. The summed E-state index contributed by atoms with van der Waals surface area (Å²) in [5.74, 6) is 1.37. The lowest BCUT2D eigenvalue weighted by Gasteiger charge is -2.41. The van der Waals surface area contributed by atoms with E-state index in [1.807, 2.05) is 24.0 Å². The molecule has 2 aliphatic rings. The molecule has 6 nitrogen and oxygen atoms in total. The van der Waals surface area contributed by atoms with E-state index in [1.54, 1.807) is 18.3 Å². The van der Waals surface area contributed by atoms with Gasteiger partial charge in [-0.2, -0.15) is 4.98 Å². The lowest BCUT2D eigenvalue weighted by Crippen LogP contribution is -2.49. The molecule has 1 saturated heterocycles. The number of likely N-dealkylation sites (tertiary alicyclic amines) is 1. The molecular weight excluding hydrogens is 395 g/mol. The van der Waals surface area contributed by atoms with E-state index in [-0.39, 0.29) is 17.1 Å². The molecule has 3 aromatic rings. The fraction of sp³-hybridized carbons (Fsp3) is 0.417. The molecule has 2 aromatic heterocycles. The summed E-state index contributed by atoms with van der Waals surface area (Å²) in [5.41, 5.74) is 1.86. The first-order valence-corrected chi connectivity index (χ1v) is 10.8. The van der Waals surface area contributed by atoms with E-state index in [0.29, 0.717) is 41.8 Å². The normalized spacial score (nSPS) is 21.3. The van der Waals surface area contributed by atoms with Gasteiger partial charge in [0.1, 0.15) is 5.82 Å². The maximum Gasteiger partial charge on any atom is 0.257 e. The third kappa shape index (κ3) is 4.09. The van der Waals surface area contributed by atoms with Crippen LogP contribution in [0.3, 0.4) is 0 Å². The van der Waals surface area contributed by atoms with Crippen LogP contribution < -0.4 is 0 Å². The number of hydrogen-bond donors (Lipinski definition) is 0. The van der Waals surface area contributed by atoms with Crippen LogP contribution in [0.15, 0.2) is 47.1 Å². The van der Waals surface area contributed by atoms with Gasteiger partial charge >= 0.3 is 0 Å². The molecule has 0 bridgehead atoms. The SMILES string of the molecule is Cc1ccc(C(=O)N2CCCC(CC3CC3)(c3noc(-c4ccc(F)cc4)n3)C2)cn1. The average molecular weight is 420 g/mol. The molecule has 1 aliphatic carbocycles. The number of benzene rings is 1. The van der Waals surface area contributed by atoms with Crippen LogP contribution in [0.1, 0.15) is 54.0 Å². The topological polar surface area (TPSA) is 72.1 Å². The zero-order valence-corrected chi connectivity index (χ0v) is 17.6. The van der Waals surface area contributed by atoms with Crippen molar-refractivity contribution in [2.45, 2.75) is 44.4 Å². The van der Waals surface area contributed by atoms with Crippen molar-refractivity contribution in [3.8, 4) is 11.5 Å². The number of amides is 1. The zero-order chi connectivity index (χ0) is 21.4. The molecule has 2 fully saturated rings. The van der Waals surface area contributed by atoms with E-state index in [4.69, 9.17) is 9.51 Å². The van der Waals surface area contributed by atoms with Gasteiger partial charge in [-0.25, -0.2) is 4.39 Å². The van der Waals surface area contributed by atoms with Crippen molar-refractivity contribution in [1.82, 2.24) is 20.0 Å². The fourth-order valence-corrected chi connectivity index (χ4v) is 4.55. The molecule has 0 N–H and O–H groups in total. The van der Waals surface area contributed by atoms with Gasteiger partial charge in [0.15, 0.2) is 5.82 Å². The van der Waals surface area contributed by atoms with E-state index >= 15 is 0 Å². The summed E-state index contributed by atoms with van der Waals surface area (Å²) in [6.07, 6.45) is 6.82. The molecule has 0 radical (unpaired) electrons. The third-order valence-corrected chi connectivity index (χ3v) is 6.39. The minimum Gasteiger partial charge on any atom is -0.338 e. The molecule has 1 unspecified atom stereocenters. The molecular formula is C24H25FN4O2. The van der Waals surface area contributed by atoms with Crippen LogP contribution in [-0.2, 0) is 5.41 Å². The smallest absolute Gasteiger partial charge is 0.257 e. The van der Waals surface area contributed by atoms with E-state index in [1.165, 1.54) is 25.0 Å². The maximum absolute atomic E-state index is 13.3. The van der Waals surface area contributed by atoms with Crippen LogP contribution in [0.5, 0.6) is 0 Å². The van der Waals surface area contributed by atoms with Crippen LogP contribution in [0.2, 0.25) is 0 Å². The number of hydrogen-bond acceptors (Lipinski definition) is 5. The highest BCUT2D eigenvalue weighted by atomic mass is 19.1. The molecule has 7 heteroatoms. The number of rotatable bonds is 5. The van der Waals surface area contributed by atoms with Gasteiger partial charge in [0.2, 0.25) is 0 Å². The largest absolute Gasteiger partial charge is 0.338 e. The predicted molar refractivity (Wildman–Crippen MR) is 113 cm³/mol. The Labute approximate surface area is 180 Å². The van der Waals surface area contributed by atoms with Crippen molar-refractivity contribution in [3.05, 3.63) is 65.5 Å². The molecule has 1 aliphatic heterocycles. The Hall–Kier alpha value is -3.09. The lowest BCUT2D eigenvalue weighted by atomic mass is 9.74. The number of aryl methyl sites for hydroxylation is 1. The number of pyridine rings is 1. The number of carbonyl (C=O) groups is 1. The lowest BCUT2D eigenvalue weighted by molar-refractivity contribution is 0.0606. The van der Waals surface area contributed by atoms with E-state index in [2.05, 4.69) is 10.1 Å². The number of carbonyl (C=O) groups excluding carboxylic acids is 1. The Balaban J connectivity index is 1.44. The molecule has 5 rings (SSSR count). The van der Waals surface area contributed by atoms with E-state index < -0.39 is 0 Å². The van der Waals surface area contributed by atoms with Gasteiger partial charge in [0.25, 0.3) is 11.8 Å². The van der Waals surface area contributed by atoms with Crippen LogP contribution in [0.25, 0.3) is 11.5 Å². The number of halogens is 1. The first kappa shape index (κ1) is 19.8. The molecule has 3 heterocycles. The second kappa shape index (κ2) is 7.87. The Morgan fingerprint density at radius 1 is 1.23 bits per heavy atom. The van der Waals surface area contributed by atoms with Crippen LogP contribution in [0, 0.1) is 18.7 Å². The Morgan fingerprint density at radius 2 is 2.03 bits per heavy atom. The Morgan fingerprint density at radius 3 is 2.74 bits per heavy atom. The van der Waals surface area contributed by atoms with Crippen molar-refractivity contribution >= 4 is 5.91 Å². The van der Waals surface area contributed by atoms with Gasteiger partial charge in [-0.3, -0.25) is 9.78 Å². The molecule has 160 valence electrons. The van der Waals surface area contributed by atoms with Crippen molar-refractivity contribution in [2.75, 3.05) is 13.1 Å². The minimum absolute atomic E-state index is 0.00498. The minimum atomic E-state index is -0.324. The number of nitrogens with zero attached hydrogens (tertiary/aromatic N) is 4. The van der Waals surface area contributed by atoms with Gasteiger partial charge in [0.05, 0.1) is 11.0 Å². The number of piperidine rings is 1. The van der Waals surface area contributed by atoms with Gasteiger partial charge < -0.3 is 9.42 Å². The molecule has 0 spiro atoms. The first-order chi connectivity index (χ1) is 15.0. The molecule has 1 aromatic carbocycles. The monoisotopic (exact) mass is 420 g/mol. The average Bonchev–Trinajstić information content (AvgIpc) is 3.45.